The van der Waals surface area contributed by atoms with Gasteiger partial charge in [-0.05, 0) is 25.1 Å². The standard InChI is InChI=1S/C17H18N2O/c1-13-8-9-17(20-3)15(10-13)12-19(2)16-7-5-4-6-14(16)11-18/h4-10H,12H2,1-3H3. The molecular weight excluding hydrogens is 248 g/mol. The summed E-state index contributed by atoms with van der Waals surface area (Å²) in [5.41, 5.74) is 3.92. The SMILES string of the molecule is COc1ccc(C)cc1CN(C)c1ccccc1C#N. The Hall–Kier alpha value is -2.47. The number of aryl methyl sites for hydroxylation is 1. The number of para-hydroxylation sites is 1. The number of methoxy groups -OCH3 is 1. The summed E-state index contributed by atoms with van der Waals surface area (Å²) in [6, 6.07) is 16.0. The van der Waals surface area contributed by atoms with Gasteiger partial charge in [0.15, 0.2) is 0 Å². The number of hydrogen-bond donors (Lipinski definition) is 0. The van der Waals surface area contributed by atoms with E-state index in [2.05, 4.69) is 24.0 Å². The van der Waals surface area contributed by atoms with E-state index in [4.69, 9.17) is 4.74 Å². The Labute approximate surface area is 120 Å². The van der Waals surface area contributed by atoms with Gasteiger partial charge in [0.1, 0.15) is 11.8 Å². The van der Waals surface area contributed by atoms with Crippen molar-refractivity contribution in [3.8, 4) is 11.8 Å². The van der Waals surface area contributed by atoms with Crippen LogP contribution in [0.25, 0.3) is 0 Å². The number of ether oxygens (including phenoxy) is 1. The Kier molecular flexibility index (Phi) is 4.27. The first-order valence-corrected chi connectivity index (χ1v) is 6.49. The minimum atomic E-state index is 0.682. The van der Waals surface area contributed by atoms with E-state index in [1.165, 1.54) is 5.56 Å². The maximum absolute atomic E-state index is 9.18. The van der Waals surface area contributed by atoms with Gasteiger partial charge in [0.2, 0.25) is 0 Å². The third kappa shape index (κ3) is 2.92. The quantitative estimate of drug-likeness (QED) is 0.849. The van der Waals surface area contributed by atoms with Crippen LogP contribution in [0.2, 0.25) is 0 Å². The first-order chi connectivity index (χ1) is 9.65. The molecule has 0 unspecified atom stereocenters. The number of hydrogen-bond acceptors (Lipinski definition) is 3. The van der Waals surface area contributed by atoms with Crippen LogP contribution in [0, 0.1) is 18.3 Å². The molecule has 0 saturated heterocycles. The van der Waals surface area contributed by atoms with Crippen LogP contribution >= 0.6 is 0 Å². The normalized spacial score (nSPS) is 9.90. The largest absolute Gasteiger partial charge is 0.496 e. The van der Waals surface area contributed by atoms with Crippen molar-refractivity contribution >= 4 is 5.69 Å². The van der Waals surface area contributed by atoms with Gasteiger partial charge < -0.3 is 9.64 Å². The molecule has 2 aromatic carbocycles. The van der Waals surface area contributed by atoms with Crippen LogP contribution in [0.5, 0.6) is 5.75 Å². The minimum absolute atomic E-state index is 0.682. The molecule has 3 nitrogen and oxygen atoms in total. The molecule has 0 spiro atoms. The molecule has 102 valence electrons. The Bertz CT molecular complexity index is 644. The van der Waals surface area contributed by atoms with Gasteiger partial charge in [-0.2, -0.15) is 5.26 Å². The zero-order chi connectivity index (χ0) is 14.5. The van der Waals surface area contributed by atoms with Gasteiger partial charge in [-0.15, -0.1) is 0 Å². The summed E-state index contributed by atoms with van der Waals surface area (Å²) in [5, 5.41) is 9.18. The molecule has 0 radical (unpaired) electrons. The predicted octanol–water partition coefficient (Wildman–Crippen LogP) is 3.51. The molecule has 0 aromatic heterocycles. The fourth-order valence-corrected chi connectivity index (χ4v) is 2.27. The second kappa shape index (κ2) is 6.12. The third-order valence-electron chi connectivity index (χ3n) is 3.28. The van der Waals surface area contributed by atoms with Crippen molar-refractivity contribution in [1.29, 1.82) is 5.26 Å². The summed E-state index contributed by atoms with van der Waals surface area (Å²) in [5.74, 6) is 0.872. The van der Waals surface area contributed by atoms with Crippen LogP contribution in [-0.2, 0) is 6.54 Å². The Morgan fingerprint density at radius 2 is 1.95 bits per heavy atom. The Balaban J connectivity index is 2.30. The number of anilines is 1. The average Bonchev–Trinajstić information content (AvgIpc) is 2.47. The minimum Gasteiger partial charge on any atom is -0.496 e. The van der Waals surface area contributed by atoms with Gasteiger partial charge in [-0.3, -0.25) is 0 Å². The van der Waals surface area contributed by atoms with Crippen LogP contribution in [-0.4, -0.2) is 14.2 Å². The highest BCUT2D eigenvalue weighted by molar-refractivity contribution is 5.59. The van der Waals surface area contributed by atoms with Crippen molar-refractivity contribution in [1.82, 2.24) is 0 Å². The molecule has 0 atom stereocenters. The van der Waals surface area contributed by atoms with Crippen molar-refractivity contribution < 1.29 is 4.74 Å². The third-order valence-corrected chi connectivity index (χ3v) is 3.28. The topological polar surface area (TPSA) is 36.3 Å². The van der Waals surface area contributed by atoms with Crippen LogP contribution in [0.15, 0.2) is 42.5 Å². The van der Waals surface area contributed by atoms with Gasteiger partial charge in [0, 0.05) is 19.2 Å². The van der Waals surface area contributed by atoms with Crippen molar-refractivity contribution in [2.45, 2.75) is 13.5 Å². The summed E-state index contributed by atoms with van der Waals surface area (Å²) >= 11 is 0. The molecule has 0 saturated carbocycles. The van der Waals surface area contributed by atoms with Crippen molar-refractivity contribution in [3.05, 3.63) is 59.2 Å². The lowest BCUT2D eigenvalue weighted by molar-refractivity contribution is 0.409. The number of rotatable bonds is 4. The molecule has 3 heteroatoms. The Morgan fingerprint density at radius 3 is 2.65 bits per heavy atom. The van der Waals surface area contributed by atoms with Crippen molar-refractivity contribution in [2.24, 2.45) is 0 Å². The molecule has 0 amide bonds. The van der Waals surface area contributed by atoms with E-state index < -0.39 is 0 Å². The van der Waals surface area contributed by atoms with E-state index in [0.717, 1.165) is 17.0 Å². The monoisotopic (exact) mass is 266 g/mol. The molecule has 2 rings (SSSR count). The molecular formula is C17H18N2O. The molecule has 0 bridgehead atoms. The van der Waals surface area contributed by atoms with E-state index in [1.54, 1.807) is 7.11 Å². The summed E-state index contributed by atoms with van der Waals surface area (Å²) < 4.78 is 5.40. The molecule has 0 fully saturated rings. The Morgan fingerprint density at radius 1 is 1.20 bits per heavy atom. The highest BCUT2D eigenvalue weighted by Crippen LogP contribution is 2.25. The highest BCUT2D eigenvalue weighted by atomic mass is 16.5. The zero-order valence-corrected chi connectivity index (χ0v) is 12.1. The smallest absolute Gasteiger partial charge is 0.123 e. The van der Waals surface area contributed by atoms with Crippen LogP contribution in [0.1, 0.15) is 16.7 Å². The number of nitrogens with zero attached hydrogens (tertiary/aromatic N) is 2. The molecule has 0 aliphatic rings. The van der Waals surface area contributed by atoms with Crippen LogP contribution in [0.3, 0.4) is 0 Å². The maximum atomic E-state index is 9.18. The molecule has 0 aliphatic carbocycles. The zero-order valence-electron chi connectivity index (χ0n) is 12.1. The van der Waals surface area contributed by atoms with Crippen molar-refractivity contribution in [3.63, 3.8) is 0 Å². The summed E-state index contributed by atoms with van der Waals surface area (Å²) in [7, 11) is 3.66. The van der Waals surface area contributed by atoms with E-state index >= 15 is 0 Å². The first-order valence-electron chi connectivity index (χ1n) is 6.49. The lowest BCUT2D eigenvalue weighted by atomic mass is 10.1. The highest BCUT2D eigenvalue weighted by Gasteiger charge is 2.10. The second-order valence-electron chi connectivity index (χ2n) is 4.80. The first kappa shape index (κ1) is 14.0. The molecule has 0 N–H and O–H groups in total. The second-order valence-corrected chi connectivity index (χ2v) is 4.80. The summed E-state index contributed by atoms with van der Waals surface area (Å²) in [6.45, 7) is 2.76. The van der Waals surface area contributed by atoms with E-state index in [-0.39, 0.29) is 0 Å². The fourth-order valence-electron chi connectivity index (χ4n) is 2.27. The van der Waals surface area contributed by atoms with Gasteiger partial charge in [0.25, 0.3) is 0 Å². The van der Waals surface area contributed by atoms with Gasteiger partial charge >= 0.3 is 0 Å². The average molecular weight is 266 g/mol. The van der Waals surface area contributed by atoms with E-state index in [9.17, 15) is 5.26 Å². The lowest BCUT2D eigenvalue weighted by Gasteiger charge is -2.22. The molecule has 2 aromatic rings. The van der Waals surface area contributed by atoms with Crippen molar-refractivity contribution in [2.75, 3.05) is 19.1 Å². The van der Waals surface area contributed by atoms with Crippen LogP contribution in [0.4, 0.5) is 5.69 Å². The molecule has 0 heterocycles. The summed E-state index contributed by atoms with van der Waals surface area (Å²) in [4.78, 5) is 2.07. The fraction of sp³-hybridized carbons (Fsp3) is 0.235. The predicted molar refractivity (Wildman–Crippen MR) is 81.0 cm³/mol. The van der Waals surface area contributed by atoms with Crippen LogP contribution < -0.4 is 9.64 Å². The van der Waals surface area contributed by atoms with E-state index in [1.807, 2.05) is 43.4 Å². The van der Waals surface area contributed by atoms with Gasteiger partial charge in [0.05, 0.1) is 18.4 Å². The number of nitriles is 1. The number of benzene rings is 2. The van der Waals surface area contributed by atoms with Gasteiger partial charge in [-0.25, -0.2) is 0 Å². The van der Waals surface area contributed by atoms with Gasteiger partial charge in [-0.1, -0.05) is 29.8 Å². The summed E-state index contributed by atoms with van der Waals surface area (Å²) in [6.07, 6.45) is 0. The lowest BCUT2D eigenvalue weighted by Crippen LogP contribution is -2.18. The maximum Gasteiger partial charge on any atom is 0.123 e. The van der Waals surface area contributed by atoms with E-state index in [0.29, 0.717) is 12.1 Å². The molecule has 0 aliphatic heterocycles. The molecule has 20 heavy (non-hydrogen) atoms.